The molecule has 0 radical (unpaired) electrons. The van der Waals surface area contributed by atoms with Gasteiger partial charge in [0.15, 0.2) is 11.6 Å². The molecular weight excluding hydrogens is 506 g/mol. The minimum Gasteiger partial charge on any atom is -0.497 e. The van der Waals surface area contributed by atoms with Gasteiger partial charge in [0, 0.05) is 31.1 Å². The Morgan fingerprint density at radius 3 is 2.60 bits per heavy atom. The largest absolute Gasteiger partial charge is 0.497 e. The highest BCUT2D eigenvalue weighted by Gasteiger charge is 2.53. The second-order valence-corrected chi connectivity index (χ2v) is 9.96. The van der Waals surface area contributed by atoms with E-state index in [2.05, 4.69) is 10.9 Å². The van der Waals surface area contributed by atoms with E-state index in [9.17, 15) is 4.79 Å². The minimum absolute atomic E-state index is 0.0762. The number of carbonyl (C=O) groups excluding carboxylic acids is 1. The number of amides is 1. The fraction of sp³-hybridized carbons (Fsp3) is 0.312. The molecule has 8 nitrogen and oxygen atoms in total. The lowest BCUT2D eigenvalue weighted by Crippen LogP contribution is -2.53. The van der Waals surface area contributed by atoms with Gasteiger partial charge in [0.05, 0.1) is 13.7 Å². The lowest BCUT2D eigenvalue weighted by Gasteiger charge is -2.30. The third kappa shape index (κ3) is 6.52. The van der Waals surface area contributed by atoms with E-state index in [4.69, 9.17) is 24.3 Å². The van der Waals surface area contributed by atoms with Crippen molar-refractivity contribution in [2.45, 2.75) is 43.4 Å². The first kappa shape index (κ1) is 27.4. The number of hydrogen-bond donors (Lipinski definition) is 3. The van der Waals surface area contributed by atoms with E-state index in [1.807, 2.05) is 91.0 Å². The highest BCUT2D eigenvalue weighted by atomic mass is 16.5. The van der Waals surface area contributed by atoms with Crippen molar-refractivity contribution >= 4 is 17.9 Å². The number of aliphatic hydroxyl groups excluding tert-OH is 1. The van der Waals surface area contributed by atoms with Crippen LogP contribution in [0.2, 0.25) is 0 Å². The lowest BCUT2D eigenvalue weighted by atomic mass is 9.84. The molecule has 3 aromatic rings. The summed E-state index contributed by atoms with van der Waals surface area (Å²) in [6.45, 7) is 0.503. The van der Waals surface area contributed by atoms with Gasteiger partial charge < -0.3 is 19.3 Å². The minimum atomic E-state index is -1.27. The number of nitrogens with zero attached hydrogens (tertiary/aromatic N) is 1. The molecule has 208 valence electrons. The van der Waals surface area contributed by atoms with Gasteiger partial charge in [0.2, 0.25) is 5.90 Å². The molecule has 1 fully saturated rings. The number of nitrogens with one attached hydrogen (secondary N) is 2. The maximum Gasteiger partial charge on any atom is 0.266 e. The van der Waals surface area contributed by atoms with Crippen LogP contribution in [0.25, 0.3) is 6.08 Å². The molecule has 3 N–H and O–H groups in total. The summed E-state index contributed by atoms with van der Waals surface area (Å²) in [5, 5.41) is 9.01. The number of aliphatic imine (C=N–C) groups is 1. The third-order valence-corrected chi connectivity index (χ3v) is 6.93. The Balaban J connectivity index is 1.51. The molecule has 40 heavy (non-hydrogen) atoms. The van der Waals surface area contributed by atoms with Crippen LogP contribution >= 0.6 is 0 Å². The van der Waals surface area contributed by atoms with Gasteiger partial charge in [-0.3, -0.25) is 10.2 Å². The molecule has 0 unspecified atom stereocenters. The summed E-state index contributed by atoms with van der Waals surface area (Å²) in [6, 6.07) is 25.2. The number of benzene rings is 3. The average Bonchev–Trinajstić information content (AvgIpc) is 3.75. The fourth-order valence-electron chi connectivity index (χ4n) is 4.56. The van der Waals surface area contributed by atoms with Gasteiger partial charge in [0.1, 0.15) is 11.5 Å². The molecule has 1 heterocycles. The van der Waals surface area contributed by atoms with E-state index >= 15 is 0 Å². The molecule has 2 atom stereocenters. The number of ether oxygens (including phenoxy) is 3. The van der Waals surface area contributed by atoms with Crippen LogP contribution in [0.4, 0.5) is 0 Å². The monoisotopic (exact) mass is 541 g/mol. The SMILES string of the molecule is COc1cccc([C@@H]2OC(c3ccc(OCCCO)cc3)=N[C@]2(C/C=C/c2ccccc2)C(=O)NNC2CC2)c1. The predicted octanol–water partition coefficient (Wildman–Crippen LogP) is 4.60. The first-order valence-electron chi connectivity index (χ1n) is 13.6. The van der Waals surface area contributed by atoms with Crippen LogP contribution in [-0.4, -0.2) is 48.8 Å². The molecule has 0 saturated heterocycles. The van der Waals surface area contributed by atoms with Crippen LogP contribution in [0.5, 0.6) is 11.5 Å². The van der Waals surface area contributed by atoms with Gasteiger partial charge in [-0.05, 0) is 60.4 Å². The zero-order valence-electron chi connectivity index (χ0n) is 22.6. The Kier molecular flexibility index (Phi) is 8.78. The molecule has 1 aliphatic carbocycles. The summed E-state index contributed by atoms with van der Waals surface area (Å²) < 4.78 is 17.7. The maximum absolute atomic E-state index is 14.0. The van der Waals surface area contributed by atoms with E-state index in [0.29, 0.717) is 36.8 Å². The Morgan fingerprint density at radius 2 is 1.88 bits per heavy atom. The summed E-state index contributed by atoms with van der Waals surface area (Å²) in [7, 11) is 1.61. The Labute approximate surface area is 234 Å². The quantitative estimate of drug-likeness (QED) is 0.216. The summed E-state index contributed by atoms with van der Waals surface area (Å²) in [5.74, 6) is 1.47. The van der Waals surface area contributed by atoms with Crippen molar-refractivity contribution in [3.05, 3.63) is 102 Å². The number of hydrogen-bond acceptors (Lipinski definition) is 7. The van der Waals surface area contributed by atoms with Crippen molar-refractivity contribution < 1.29 is 24.1 Å². The van der Waals surface area contributed by atoms with Crippen molar-refractivity contribution in [2.24, 2.45) is 4.99 Å². The van der Waals surface area contributed by atoms with E-state index < -0.39 is 11.6 Å². The van der Waals surface area contributed by atoms with Crippen LogP contribution in [0.15, 0.2) is 89.9 Å². The van der Waals surface area contributed by atoms with E-state index in [1.165, 1.54) is 0 Å². The van der Waals surface area contributed by atoms with Crippen molar-refractivity contribution in [1.29, 1.82) is 0 Å². The zero-order chi connectivity index (χ0) is 27.8. The molecule has 8 heteroatoms. The summed E-state index contributed by atoms with van der Waals surface area (Å²) in [6.07, 6.45) is 6.21. The van der Waals surface area contributed by atoms with Crippen molar-refractivity contribution in [1.82, 2.24) is 10.9 Å². The van der Waals surface area contributed by atoms with Crippen molar-refractivity contribution in [3.63, 3.8) is 0 Å². The van der Waals surface area contributed by atoms with E-state index in [1.54, 1.807) is 7.11 Å². The van der Waals surface area contributed by atoms with Gasteiger partial charge in [-0.1, -0.05) is 54.6 Å². The number of carbonyl (C=O) groups is 1. The average molecular weight is 542 g/mol. The van der Waals surface area contributed by atoms with Gasteiger partial charge in [-0.2, -0.15) is 0 Å². The predicted molar refractivity (Wildman–Crippen MR) is 154 cm³/mol. The van der Waals surface area contributed by atoms with Gasteiger partial charge in [-0.15, -0.1) is 0 Å². The Bertz CT molecular complexity index is 1340. The number of rotatable bonds is 13. The molecule has 3 aromatic carbocycles. The Hall–Kier alpha value is -4.14. The van der Waals surface area contributed by atoms with Crippen LogP contribution in [0.1, 0.15) is 48.5 Å². The van der Waals surface area contributed by atoms with Crippen LogP contribution in [-0.2, 0) is 9.53 Å². The first-order valence-corrected chi connectivity index (χ1v) is 13.6. The van der Waals surface area contributed by atoms with Gasteiger partial charge in [-0.25, -0.2) is 10.4 Å². The maximum atomic E-state index is 14.0. The normalized spacial score (nSPS) is 20.1. The number of hydrazine groups is 1. The molecule has 2 aliphatic rings. The van der Waals surface area contributed by atoms with Crippen molar-refractivity contribution in [2.75, 3.05) is 20.3 Å². The number of aliphatic hydroxyl groups is 1. The molecular formula is C32H35N3O5. The van der Waals surface area contributed by atoms with Gasteiger partial charge in [0.25, 0.3) is 5.91 Å². The van der Waals surface area contributed by atoms with Crippen LogP contribution < -0.4 is 20.3 Å². The summed E-state index contributed by atoms with van der Waals surface area (Å²) in [4.78, 5) is 19.0. The summed E-state index contributed by atoms with van der Waals surface area (Å²) >= 11 is 0. The molecule has 0 bridgehead atoms. The highest BCUT2D eigenvalue weighted by Crippen LogP contribution is 2.43. The number of methoxy groups -OCH3 is 1. The molecule has 0 aromatic heterocycles. The summed E-state index contributed by atoms with van der Waals surface area (Å²) in [5.41, 5.74) is 7.36. The fourth-order valence-corrected chi connectivity index (χ4v) is 4.56. The van der Waals surface area contributed by atoms with Gasteiger partial charge >= 0.3 is 0 Å². The lowest BCUT2D eigenvalue weighted by molar-refractivity contribution is -0.129. The second kappa shape index (κ2) is 12.8. The third-order valence-electron chi connectivity index (χ3n) is 6.93. The van der Waals surface area contributed by atoms with Crippen LogP contribution in [0.3, 0.4) is 0 Å². The van der Waals surface area contributed by atoms with E-state index in [0.717, 1.165) is 29.5 Å². The topological polar surface area (TPSA) is 101 Å². The van der Waals surface area contributed by atoms with Crippen molar-refractivity contribution in [3.8, 4) is 11.5 Å². The Morgan fingerprint density at radius 1 is 1.07 bits per heavy atom. The smallest absolute Gasteiger partial charge is 0.266 e. The molecule has 5 rings (SSSR count). The molecule has 1 aliphatic heterocycles. The second-order valence-electron chi connectivity index (χ2n) is 9.96. The molecule has 0 spiro atoms. The standard InChI is InChI=1S/C32H35N3O5/c1-38-28-12-5-11-25(22-28)29-32(31(37)35-34-26-15-16-26,19-6-10-23-8-3-2-4-9-23)33-30(40-29)24-13-17-27(18-14-24)39-21-7-20-36/h2-6,8-14,17-18,22,26,29,34,36H,7,15-16,19-21H2,1H3,(H,35,37)/b10-6+/t29-,32-/m0/s1. The molecule has 1 saturated carbocycles. The van der Waals surface area contributed by atoms with Crippen LogP contribution in [0, 0.1) is 0 Å². The van der Waals surface area contributed by atoms with E-state index in [-0.39, 0.29) is 18.6 Å². The first-order chi connectivity index (χ1) is 19.6. The molecule has 1 amide bonds. The zero-order valence-corrected chi connectivity index (χ0v) is 22.6. The highest BCUT2D eigenvalue weighted by molar-refractivity contribution is 6.01.